The van der Waals surface area contributed by atoms with Gasteiger partial charge in [0.05, 0.1) is 11.7 Å². The van der Waals surface area contributed by atoms with E-state index in [2.05, 4.69) is 48.1 Å². The molecule has 4 nitrogen and oxygen atoms in total. The Hall–Kier alpha value is -2.10. The number of furan rings is 1. The Kier molecular flexibility index (Phi) is 5.88. The number of fused-ring (bicyclic) bond motifs is 7. The number of carbonyl (C=O) groups excluding carboxylic acids is 1. The number of allylic oxidation sites excluding steroid dienone is 2. The van der Waals surface area contributed by atoms with Crippen molar-refractivity contribution < 1.29 is 19.1 Å². The molecular weight excluding hydrogens is 484 g/mol. The monoisotopic (exact) mass is 532 g/mol. The second-order valence-corrected chi connectivity index (χ2v) is 15.6. The van der Waals surface area contributed by atoms with Crippen molar-refractivity contribution in [3.63, 3.8) is 0 Å². The van der Waals surface area contributed by atoms with Crippen molar-refractivity contribution in [3.05, 3.63) is 41.9 Å². The fraction of sp³-hybridized carbons (Fsp3) is 0.714. The first-order valence-corrected chi connectivity index (χ1v) is 15.4. The highest BCUT2D eigenvalue weighted by molar-refractivity contribution is 6.04. The van der Waals surface area contributed by atoms with Gasteiger partial charge in [-0.15, -0.1) is 0 Å². The van der Waals surface area contributed by atoms with Gasteiger partial charge in [-0.05, 0) is 134 Å². The van der Waals surface area contributed by atoms with E-state index in [0.717, 1.165) is 69.1 Å². The lowest BCUT2D eigenvalue weighted by atomic mass is 9.32. The average molecular weight is 533 g/mol. The molecule has 39 heavy (non-hydrogen) atoms. The molecule has 9 atom stereocenters. The average Bonchev–Trinajstić information content (AvgIpc) is 3.51. The zero-order valence-electron chi connectivity index (χ0n) is 24.9. The predicted molar refractivity (Wildman–Crippen MR) is 154 cm³/mol. The van der Waals surface area contributed by atoms with Crippen molar-refractivity contribution in [1.29, 1.82) is 0 Å². The van der Waals surface area contributed by atoms with Gasteiger partial charge >= 0.3 is 5.97 Å². The number of ketones is 1. The Balaban J connectivity index is 1.42. The lowest BCUT2D eigenvalue weighted by Crippen LogP contribution is -2.67. The molecule has 0 radical (unpaired) electrons. The van der Waals surface area contributed by atoms with E-state index in [1.807, 2.05) is 18.2 Å². The normalized spacial score (nSPS) is 47.6. The molecule has 6 rings (SSSR count). The van der Waals surface area contributed by atoms with Gasteiger partial charge in [-0.3, -0.25) is 9.59 Å². The van der Waals surface area contributed by atoms with E-state index in [1.54, 1.807) is 6.26 Å². The molecule has 0 spiro atoms. The van der Waals surface area contributed by atoms with Gasteiger partial charge in [0, 0.05) is 5.41 Å². The Morgan fingerprint density at radius 1 is 1.00 bits per heavy atom. The largest absolute Gasteiger partial charge is 0.481 e. The Bertz CT molecular complexity index is 1240. The maximum absolute atomic E-state index is 13.9. The summed E-state index contributed by atoms with van der Waals surface area (Å²) in [4.78, 5) is 26.8. The SMILES string of the molecule is C=C(C)[C@H]1CC[C@@]2(C(=O)O)CC[C@]3(C)[C@@H](CC[C@H]4[C@@]5(C)CC(=Cc6ccco6)C(=O)C(C)(C)[C@H]5CC[C@]43C)[C@H]12. The highest BCUT2D eigenvalue weighted by atomic mass is 16.4. The third kappa shape index (κ3) is 3.35. The molecule has 0 amide bonds. The number of hydrogen-bond donors (Lipinski definition) is 1. The van der Waals surface area contributed by atoms with E-state index in [0.29, 0.717) is 23.7 Å². The molecule has 0 bridgehead atoms. The highest BCUT2D eigenvalue weighted by Gasteiger charge is 2.72. The highest BCUT2D eigenvalue weighted by Crippen LogP contribution is 2.77. The molecule has 212 valence electrons. The predicted octanol–water partition coefficient (Wildman–Crippen LogP) is 8.58. The van der Waals surface area contributed by atoms with Crippen LogP contribution in [0.4, 0.5) is 0 Å². The molecule has 4 heteroatoms. The molecule has 0 aliphatic heterocycles. The van der Waals surface area contributed by atoms with E-state index >= 15 is 0 Å². The van der Waals surface area contributed by atoms with Gasteiger partial charge in [-0.2, -0.15) is 0 Å². The van der Waals surface area contributed by atoms with Crippen LogP contribution in [0.3, 0.4) is 0 Å². The standard InChI is InChI=1S/C35H48O4/c1-21(2)24-12-15-35(30(37)38)17-16-33(6)25(28(24)35)10-11-27-32(5)20-22(19-23-9-8-18-39-23)29(36)31(3,4)26(32)13-14-34(27,33)7/h8-9,18-19,24-28H,1,10-17,20H2,2-7H3,(H,37,38)/t24-,25+,26-,27+,28+,32+,33-,34-,35-/m1/s1. The number of aliphatic carboxylic acids is 1. The molecular formula is C35H48O4. The number of rotatable bonds is 3. The summed E-state index contributed by atoms with van der Waals surface area (Å²) in [5.74, 6) is 2.23. The van der Waals surface area contributed by atoms with Crippen LogP contribution in [0, 0.1) is 56.7 Å². The molecule has 0 saturated heterocycles. The third-order valence-corrected chi connectivity index (χ3v) is 13.9. The van der Waals surface area contributed by atoms with Crippen molar-refractivity contribution in [2.24, 2.45) is 56.7 Å². The summed E-state index contributed by atoms with van der Waals surface area (Å²) in [5, 5.41) is 10.6. The summed E-state index contributed by atoms with van der Waals surface area (Å²) in [7, 11) is 0. The van der Waals surface area contributed by atoms with Gasteiger partial charge in [0.1, 0.15) is 5.76 Å². The van der Waals surface area contributed by atoms with Crippen LogP contribution in [0.1, 0.15) is 105 Å². The second-order valence-electron chi connectivity index (χ2n) is 15.6. The molecule has 5 aliphatic carbocycles. The molecule has 5 aliphatic rings. The molecule has 1 N–H and O–H groups in total. The fourth-order valence-corrected chi connectivity index (χ4v) is 12.0. The maximum Gasteiger partial charge on any atom is 0.309 e. The van der Waals surface area contributed by atoms with Gasteiger partial charge in [0.2, 0.25) is 0 Å². The molecule has 1 aromatic heterocycles. The summed E-state index contributed by atoms with van der Waals surface area (Å²) in [6.07, 6.45) is 12.4. The van der Waals surface area contributed by atoms with Crippen LogP contribution < -0.4 is 0 Å². The van der Waals surface area contributed by atoms with Crippen LogP contribution in [-0.2, 0) is 9.59 Å². The van der Waals surface area contributed by atoms with Crippen LogP contribution in [0.25, 0.3) is 6.08 Å². The van der Waals surface area contributed by atoms with Crippen molar-refractivity contribution in [3.8, 4) is 0 Å². The molecule has 0 aromatic carbocycles. The summed E-state index contributed by atoms with van der Waals surface area (Å²) in [6.45, 7) is 18.4. The van der Waals surface area contributed by atoms with Gasteiger partial charge in [0.15, 0.2) is 5.78 Å². The summed E-state index contributed by atoms with van der Waals surface area (Å²) in [5.41, 5.74) is 1.30. The number of Topliss-reactive ketones (excluding diaryl/α,β-unsaturated/α-hetero) is 1. The fourth-order valence-electron chi connectivity index (χ4n) is 12.0. The van der Waals surface area contributed by atoms with E-state index in [1.165, 1.54) is 5.57 Å². The second kappa shape index (κ2) is 8.46. The minimum Gasteiger partial charge on any atom is -0.481 e. The summed E-state index contributed by atoms with van der Waals surface area (Å²) in [6, 6.07) is 3.83. The lowest BCUT2D eigenvalue weighted by Gasteiger charge is -2.72. The molecule has 5 saturated carbocycles. The Labute approximate surface area is 234 Å². The van der Waals surface area contributed by atoms with Gasteiger partial charge in [-0.1, -0.05) is 46.8 Å². The Morgan fingerprint density at radius 2 is 1.74 bits per heavy atom. The van der Waals surface area contributed by atoms with Crippen molar-refractivity contribution in [2.45, 2.75) is 99.3 Å². The zero-order valence-corrected chi connectivity index (χ0v) is 24.9. The van der Waals surface area contributed by atoms with Crippen LogP contribution in [0.5, 0.6) is 0 Å². The minimum absolute atomic E-state index is 0.0155. The van der Waals surface area contributed by atoms with Gasteiger partial charge in [-0.25, -0.2) is 0 Å². The van der Waals surface area contributed by atoms with Crippen LogP contribution in [0.2, 0.25) is 0 Å². The Morgan fingerprint density at radius 3 is 2.38 bits per heavy atom. The van der Waals surface area contributed by atoms with Crippen LogP contribution in [-0.4, -0.2) is 16.9 Å². The summed E-state index contributed by atoms with van der Waals surface area (Å²) >= 11 is 0. The summed E-state index contributed by atoms with van der Waals surface area (Å²) < 4.78 is 5.65. The van der Waals surface area contributed by atoms with E-state index in [9.17, 15) is 14.7 Å². The molecule has 1 aromatic rings. The first-order valence-electron chi connectivity index (χ1n) is 15.4. The molecule has 5 fully saturated rings. The number of carboxylic acids is 1. The first-order chi connectivity index (χ1) is 18.2. The minimum atomic E-state index is -0.587. The third-order valence-electron chi connectivity index (χ3n) is 13.9. The van der Waals surface area contributed by atoms with Crippen LogP contribution >= 0.6 is 0 Å². The van der Waals surface area contributed by atoms with Gasteiger partial charge in [0.25, 0.3) is 0 Å². The molecule has 0 unspecified atom stereocenters. The maximum atomic E-state index is 13.9. The van der Waals surface area contributed by atoms with Crippen LogP contribution in [0.15, 0.2) is 40.5 Å². The zero-order chi connectivity index (χ0) is 28.2. The quantitative estimate of drug-likeness (QED) is 0.313. The van der Waals surface area contributed by atoms with Crippen molar-refractivity contribution >= 4 is 17.8 Å². The van der Waals surface area contributed by atoms with E-state index < -0.39 is 16.8 Å². The number of carbonyl (C=O) groups is 2. The lowest BCUT2D eigenvalue weighted by molar-refractivity contribution is -0.231. The first kappa shape index (κ1) is 27.1. The number of carboxylic acid groups (broad SMARTS) is 1. The van der Waals surface area contributed by atoms with E-state index in [-0.39, 0.29) is 27.9 Å². The number of hydrogen-bond acceptors (Lipinski definition) is 3. The van der Waals surface area contributed by atoms with Crippen molar-refractivity contribution in [1.82, 2.24) is 0 Å². The van der Waals surface area contributed by atoms with E-state index in [4.69, 9.17) is 4.42 Å². The van der Waals surface area contributed by atoms with Gasteiger partial charge < -0.3 is 9.52 Å². The smallest absolute Gasteiger partial charge is 0.309 e. The topological polar surface area (TPSA) is 67.5 Å². The molecule has 1 heterocycles. The van der Waals surface area contributed by atoms with Crippen molar-refractivity contribution in [2.75, 3.05) is 0 Å².